The van der Waals surface area contributed by atoms with E-state index in [4.69, 9.17) is 21.7 Å². The molecule has 1 unspecified atom stereocenters. The van der Waals surface area contributed by atoms with Gasteiger partial charge in [0.1, 0.15) is 5.75 Å². The Labute approximate surface area is 187 Å². The lowest BCUT2D eigenvalue weighted by Gasteiger charge is -2.35. The zero-order chi connectivity index (χ0) is 22.5. The summed E-state index contributed by atoms with van der Waals surface area (Å²) in [5, 5.41) is 6.59. The average Bonchev–Trinajstić information content (AvgIpc) is 2.77. The first-order valence-electron chi connectivity index (χ1n) is 9.83. The SMILES string of the molecule is CCOC(=O)C1=C(C)N(C)C(=S)NC1c1cccc(NC(=O)c2ccccc2OC)c1. The number of benzene rings is 2. The van der Waals surface area contributed by atoms with E-state index in [9.17, 15) is 9.59 Å². The van der Waals surface area contributed by atoms with Crippen LogP contribution in [-0.4, -0.2) is 42.7 Å². The number of nitrogens with zero attached hydrogens (tertiary/aromatic N) is 1. The highest BCUT2D eigenvalue weighted by atomic mass is 32.1. The largest absolute Gasteiger partial charge is 0.496 e. The molecule has 0 aliphatic carbocycles. The van der Waals surface area contributed by atoms with Crippen LogP contribution in [0.1, 0.15) is 35.8 Å². The summed E-state index contributed by atoms with van der Waals surface area (Å²) >= 11 is 5.43. The maximum absolute atomic E-state index is 12.8. The molecule has 7 nitrogen and oxygen atoms in total. The van der Waals surface area contributed by atoms with Gasteiger partial charge in [-0.1, -0.05) is 24.3 Å². The summed E-state index contributed by atoms with van der Waals surface area (Å²) in [6.45, 7) is 3.87. The molecule has 1 aliphatic heterocycles. The number of carbonyl (C=O) groups is 2. The normalized spacial score (nSPS) is 15.9. The standard InChI is InChI=1S/C23H25N3O4S/c1-5-30-22(28)19-14(2)26(3)23(31)25-20(19)15-9-8-10-16(13-15)24-21(27)17-11-6-7-12-18(17)29-4/h6-13,20H,5H2,1-4H3,(H,24,27)(H,25,31). The summed E-state index contributed by atoms with van der Waals surface area (Å²) in [5.74, 6) is -0.212. The van der Waals surface area contributed by atoms with Crippen LogP contribution in [0.5, 0.6) is 5.75 Å². The van der Waals surface area contributed by atoms with Crippen LogP contribution in [0.2, 0.25) is 0 Å². The van der Waals surface area contributed by atoms with Gasteiger partial charge < -0.3 is 25.0 Å². The van der Waals surface area contributed by atoms with Crippen molar-refractivity contribution in [3.05, 3.63) is 70.9 Å². The molecule has 8 heteroatoms. The third-order valence-electron chi connectivity index (χ3n) is 5.08. The van der Waals surface area contributed by atoms with Gasteiger partial charge in [-0.2, -0.15) is 0 Å². The van der Waals surface area contributed by atoms with Crippen LogP contribution in [0.4, 0.5) is 5.69 Å². The molecular formula is C23H25N3O4S. The van der Waals surface area contributed by atoms with E-state index in [1.165, 1.54) is 7.11 Å². The summed E-state index contributed by atoms with van der Waals surface area (Å²) < 4.78 is 10.5. The van der Waals surface area contributed by atoms with E-state index in [1.807, 2.05) is 25.1 Å². The quantitative estimate of drug-likeness (QED) is 0.525. The van der Waals surface area contributed by atoms with Gasteiger partial charge in [-0.15, -0.1) is 0 Å². The minimum atomic E-state index is -0.495. The highest BCUT2D eigenvalue weighted by Crippen LogP contribution is 2.32. The molecule has 2 aromatic carbocycles. The number of allylic oxidation sites excluding steroid dienone is 1. The van der Waals surface area contributed by atoms with Crippen molar-refractivity contribution in [1.82, 2.24) is 10.2 Å². The van der Waals surface area contributed by atoms with Crippen molar-refractivity contribution < 1.29 is 19.1 Å². The summed E-state index contributed by atoms with van der Waals surface area (Å²) in [5.41, 5.74) is 2.98. The number of nitrogens with one attached hydrogen (secondary N) is 2. The molecule has 1 atom stereocenters. The number of rotatable bonds is 6. The predicted molar refractivity (Wildman–Crippen MR) is 123 cm³/mol. The highest BCUT2D eigenvalue weighted by Gasteiger charge is 2.33. The van der Waals surface area contributed by atoms with Crippen molar-refractivity contribution >= 4 is 34.9 Å². The minimum Gasteiger partial charge on any atom is -0.496 e. The smallest absolute Gasteiger partial charge is 0.338 e. The van der Waals surface area contributed by atoms with Crippen molar-refractivity contribution in [3.8, 4) is 5.75 Å². The summed E-state index contributed by atoms with van der Waals surface area (Å²) in [6, 6.07) is 13.8. The van der Waals surface area contributed by atoms with Gasteiger partial charge in [0.05, 0.1) is 30.9 Å². The number of esters is 1. The van der Waals surface area contributed by atoms with E-state index >= 15 is 0 Å². The molecule has 0 spiro atoms. The molecule has 0 saturated carbocycles. The fraction of sp³-hybridized carbons (Fsp3) is 0.261. The average molecular weight is 440 g/mol. The monoisotopic (exact) mass is 439 g/mol. The van der Waals surface area contributed by atoms with Gasteiger partial charge in [0.25, 0.3) is 5.91 Å². The Morgan fingerprint density at radius 1 is 1.19 bits per heavy atom. The molecule has 0 radical (unpaired) electrons. The van der Waals surface area contributed by atoms with E-state index in [-0.39, 0.29) is 12.5 Å². The van der Waals surface area contributed by atoms with Crippen LogP contribution in [0.25, 0.3) is 0 Å². The number of thiocarbonyl (C=S) groups is 1. The van der Waals surface area contributed by atoms with Gasteiger partial charge in [-0.3, -0.25) is 4.79 Å². The Kier molecular flexibility index (Phi) is 6.91. The Balaban J connectivity index is 1.93. The van der Waals surface area contributed by atoms with Crippen molar-refractivity contribution in [3.63, 3.8) is 0 Å². The number of anilines is 1. The van der Waals surface area contributed by atoms with Gasteiger partial charge in [0.15, 0.2) is 5.11 Å². The van der Waals surface area contributed by atoms with Gasteiger partial charge in [-0.25, -0.2) is 4.79 Å². The second-order valence-corrected chi connectivity index (χ2v) is 7.33. The van der Waals surface area contributed by atoms with E-state index in [0.717, 1.165) is 11.3 Å². The Morgan fingerprint density at radius 3 is 2.65 bits per heavy atom. The van der Waals surface area contributed by atoms with Crippen LogP contribution in [0.3, 0.4) is 0 Å². The maximum atomic E-state index is 12.8. The first-order chi connectivity index (χ1) is 14.9. The molecule has 0 bridgehead atoms. The maximum Gasteiger partial charge on any atom is 0.338 e. The van der Waals surface area contributed by atoms with E-state index < -0.39 is 12.0 Å². The zero-order valence-corrected chi connectivity index (χ0v) is 18.7. The Morgan fingerprint density at radius 2 is 1.94 bits per heavy atom. The molecule has 0 fully saturated rings. The Bertz CT molecular complexity index is 1050. The summed E-state index contributed by atoms with van der Waals surface area (Å²) in [4.78, 5) is 27.2. The summed E-state index contributed by atoms with van der Waals surface area (Å²) in [6.07, 6.45) is 0. The second kappa shape index (κ2) is 9.61. The van der Waals surface area contributed by atoms with Crippen LogP contribution < -0.4 is 15.4 Å². The predicted octanol–water partition coefficient (Wildman–Crippen LogP) is 3.65. The summed E-state index contributed by atoms with van der Waals surface area (Å²) in [7, 11) is 3.32. The van der Waals surface area contributed by atoms with Crippen molar-refractivity contribution in [2.45, 2.75) is 19.9 Å². The molecule has 1 heterocycles. The fourth-order valence-electron chi connectivity index (χ4n) is 3.39. The van der Waals surface area contributed by atoms with Crippen LogP contribution in [0.15, 0.2) is 59.8 Å². The first-order valence-corrected chi connectivity index (χ1v) is 10.2. The highest BCUT2D eigenvalue weighted by molar-refractivity contribution is 7.80. The number of methoxy groups -OCH3 is 1. The molecule has 1 aliphatic rings. The molecule has 162 valence electrons. The van der Waals surface area contributed by atoms with Crippen LogP contribution >= 0.6 is 12.2 Å². The number of hydrogen-bond acceptors (Lipinski definition) is 5. The molecule has 3 rings (SSSR count). The lowest BCUT2D eigenvalue weighted by atomic mass is 9.95. The van der Waals surface area contributed by atoms with Crippen molar-refractivity contribution in [2.75, 3.05) is 26.1 Å². The van der Waals surface area contributed by atoms with Crippen molar-refractivity contribution in [2.24, 2.45) is 0 Å². The molecule has 0 saturated heterocycles. The molecule has 2 N–H and O–H groups in total. The number of hydrogen-bond donors (Lipinski definition) is 2. The van der Waals surface area contributed by atoms with Gasteiger partial charge >= 0.3 is 5.97 Å². The second-order valence-electron chi connectivity index (χ2n) is 6.94. The van der Waals surface area contributed by atoms with Gasteiger partial charge in [0, 0.05) is 18.4 Å². The number of ether oxygens (including phenoxy) is 2. The molecular weight excluding hydrogens is 414 g/mol. The van der Waals surface area contributed by atoms with Gasteiger partial charge in [0.2, 0.25) is 0 Å². The lowest BCUT2D eigenvalue weighted by molar-refractivity contribution is -0.139. The van der Waals surface area contributed by atoms with Gasteiger partial charge in [-0.05, 0) is 55.9 Å². The van der Waals surface area contributed by atoms with Crippen molar-refractivity contribution in [1.29, 1.82) is 0 Å². The molecule has 31 heavy (non-hydrogen) atoms. The molecule has 0 aromatic heterocycles. The van der Waals surface area contributed by atoms with E-state index in [2.05, 4.69) is 10.6 Å². The minimum absolute atomic E-state index is 0.269. The third kappa shape index (κ3) is 4.69. The number of para-hydroxylation sites is 1. The molecule has 1 amide bonds. The third-order valence-corrected chi connectivity index (χ3v) is 5.47. The molecule has 2 aromatic rings. The zero-order valence-electron chi connectivity index (χ0n) is 17.9. The van der Waals surface area contributed by atoms with E-state index in [1.54, 1.807) is 49.2 Å². The fourth-order valence-corrected chi connectivity index (χ4v) is 3.64. The van der Waals surface area contributed by atoms with E-state index in [0.29, 0.717) is 27.7 Å². The van der Waals surface area contributed by atoms with Crippen LogP contribution in [0, 0.1) is 0 Å². The Hall–Kier alpha value is -3.39. The number of amides is 1. The number of carbonyl (C=O) groups excluding carboxylic acids is 2. The lowest BCUT2D eigenvalue weighted by Crippen LogP contribution is -2.46. The topological polar surface area (TPSA) is 79.9 Å². The van der Waals surface area contributed by atoms with Crippen LogP contribution in [-0.2, 0) is 9.53 Å². The first kappa shape index (κ1) is 22.3.